The molecule has 146 valence electrons. The van der Waals surface area contributed by atoms with Gasteiger partial charge in [-0.2, -0.15) is 0 Å². The van der Waals surface area contributed by atoms with E-state index >= 15 is 0 Å². The highest BCUT2D eigenvalue weighted by Gasteiger charge is 2.39. The molecule has 0 bridgehead atoms. The average Bonchev–Trinajstić information content (AvgIpc) is 2.97. The molecule has 27 heavy (non-hydrogen) atoms. The summed E-state index contributed by atoms with van der Waals surface area (Å²) in [7, 11) is 0. The summed E-state index contributed by atoms with van der Waals surface area (Å²) in [5, 5.41) is 2.31. The molecule has 2 aliphatic heterocycles. The Hall–Kier alpha value is -2.41. The van der Waals surface area contributed by atoms with Gasteiger partial charge in [0.25, 0.3) is 5.91 Å². The minimum absolute atomic E-state index is 0.161. The lowest BCUT2D eigenvalue weighted by atomic mass is 10.0. The first-order valence-corrected chi connectivity index (χ1v) is 9.70. The fourth-order valence-electron chi connectivity index (χ4n) is 3.61. The monoisotopic (exact) mass is 373 g/mol. The Morgan fingerprint density at radius 3 is 2.67 bits per heavy atom. The molecular formula is C20H27N3O4. The Balaban J connectivity index is 1.53. The van der Waals surface area contributed by atoms with Crippen LogP contribution in [0.4, 0.5) is 0 Å². The zero-order valence-electron chi connectivity index (χ0n) is 15.5. The van der Waals surface area contributed by atoms with Crippen LogP contribution in [0.3, 0.4) is 0 Å². The van der Waals surface area contributed by atoms with Gasteiger partial charge < -0.3 is 15.4 Å². The van der Waals surface area contributed by atoms with Crippen LogP contribution in [0.25, 0.3) is 0 Å². The van der Waals surface area contributed by atoms with Crippen molar-refractivity contribution in [2.24, 2.45) is 5.73 Å². The molecule has 1 aromatic rings. The van der Waals surface area contributed by atoms with Crippen LogP contribution in [0.1, 0.15) is 60.9 Å². The van der Waals surface area contributed by atoms with Gasteiger partial charge in [0.05, 0.1) is 6.61 Å². The highest BCUT2D eigenvalue weighted by molar-refractivity contribution is 6.05. The lowest BCUT2D eigenvalue weighted by Crippen LogP contribution is -2.52. The molecule has 3 rings (SSSR count). The normalized spacial score (nSPS) is 19.2. The molecule has 7 nitrogen and oxygen atoms in total. The zero-order chi connectivity index (χ0) is 19.2. The molecule has 3 N–H and O–H groups in total. The van der Waals surface area contributed by atoms with Crippen molar-refractivity contribution in [2.75, 3.05) is 13.2 Å². The summed E-state index contributed by atoms with van der Waals surface area (Å²) in [5.41, 5.74) is 6.95. The molecule has 0 radical (unpaired) electrons. The second-order valence-electron chi connectivity index (χ2n) is 7.12. The van der Waals surface area contributed by atoms with E-state index in [0.29, 0.717) is 25.1 Å². The number of amides is 3. The van der Waals surface area contributed by atoms with E-state index in [2.05, 4.69) is 5.32 Å². The molecule has 3 amide bonds. The number of imide groups is 1. The van der Waals surface area contributed by atoms with E-state index in [9.17, 15) is 14.4 Å². The van der Waals surface area contributed by atoms with Crippen molar-refractivity contribution < 1.29 is 19.1 Å². The molecule has 1 atom stereocenters. The Morgan fingerprint density at radius 2 is 1.89 bits per heavy atom. The first-order chi connectivity index (χ1) is 13.1. The number of nitrogens with one attached hydrogen (secondary N) is 1. The van der Waals surface area contributed by atoms with Gasteiger partial charge in [-0.1, -0.05) is 19.3 Å². The molecule has 0 saturated carbocycles. The summed E-state index contributed by atoms with van der Waals surface area (Å²) in [6, 6.07) is 4.87. The SMILES string of the molecule is NCCCCCCCOc1ccc2c(c1)CN(C1CCC(=O)NC1=O)C2=O. The minimum atomic E-state index is -0.583. The number of unbranched alkanes of at least 4 members (excludes halogenated alkanes) is 4. The lowest BCUT2D eigenvalue weighted by Gasteiger charge is -2.29. The second kappa shape index (κ2) is 8.99. The quantitative estimate of drug-likeness (QED) is 0.507. The number of benzene rings is 1. The van der Waals surface area contributed by atoms with Gasteiger partial charge in [-0.3, -0.25) is 19.7 Å². The van der Waals surface area contributed by atoms with E-state index in [4.69, 9.17) is 10.5 Å². The highest BCUT2D eigenvalue weighted by atomic mass is 16.5. The smallest absolute Gasteiger partial charge is 0.255 e. The number of carbonyl (C=O) groups excluding carboxylic acids is 3. The van der Waals surface area contributed by atoms with E-state index in [0.717, 1.165) is 43.5 Å². The molecule has 0 aliphatic carbocycles. The van der Waals surface area contributed by atoms with Crippen molar-refractivity contribution in [3.05, 3.63) is 29.3 Å². The molecular weight excluding hydrogens is 346 g/mol. The molecule has 1 fully saturated rings. The fraction of sp³-hybridized carbons (Fsp3) is 0.550. The maximum atomic E-state index is 12.6. The predicted molar refractivity (Wildman–Crippen MR) is 100 cm³/mol. The molecule has 7 heteroatoms. The van der Waals surface area contributed by atoms with Gasteiger partial charge in [0.2, 0.25) is 11.8 Å². The van der Waals surface area contributed by atoms with E-state index in [-0.39, 0.29) is 18.2 Å². The van der Waals surface area contributed by atoms with Crippen LogP contribution in [0.2, 0.25) is 0 Å². The Labute approximate surface area is 159 Å². The van der Waals surface area contributed by atoms with Gasteiger partial charge in [-0.15, -0.1) is 0 Å². The number of carbonyl (C=O) groups is 3. The molecule has 1 saturated heterocycles. The molecule has 1 aromatic carbocycles. The number of rotatable bonds is 9. The van der Waals surface area contributed by atoms with Crippen LogP contribution in [0, 0.1) is 0 Å². The van der Waals surface area contributed by atoms with Crippen LogP contribution in [-0.4, -0.2) is 41.8 Å². The van der Waals surface area contributed by atoms with Crippen LogP contribution in [0.15, 0.2) is 18.2 Å². The third kappa shape index (κ3) is 4.66. The summed E-state index contributed by atoms with van der Waals surface area (Å²) in [5.74, 6) is -0.0859. The van der Waals surface area contributed by atoms with Gasteiger partial charge in [-0.05, 0) is 49.6 Å². The summed E-state index contributed by atoms with van der Waals surface area (Å²) in [4.78, 5) is 37.6. The Bertz CT molecular complexity index is 719. The fourth-order valence-corrected chi connectivity index (χ4v) is 3.61. The van der Waals surface area contributed by atoms with Gasteiger partial charge in [-0.25, -0.2) is 0 Å². The van der Waals surface area contributed by atoms with Crippen molar-refractivity contribution in [3.63, 3.8) is 0 Å². The standard InChI is InChI=1S/C20H27N3O4/c21-10-4-2-1-3-5-11-27-15-6-7-16-14(12-15)13-23(20(16)26)17-8-9-18(24)22-19(17)25/h6-7,12,17H,1-5,8-11,13,21H2,(H,22,24,25). The first-order valence-electron chi connectivity index (χ1n) is 9.70. The molecule has 1 unspecified atom stereocenters. The average molecular weight is 373 g/mol. The zero-order valence-corrected chi connectivity index (χ0v) is 15.5. The van der Waals surface area contributed by atoms with Crippen molar-refractivity contribution >= 4 is 17.7 Å². The number of hydrogen-bond acceptors (Lipinski definition) is 5. The molecule has 0 spiro atoms. The number of fused-ring (bicyclic) bond motifs is 1. The van der Waals surface area contributed by atoms with E-state index < -0.39 is 11.9 Å². The second-order valence-corrected chi connectivity index (χ2v) is 7.12. The Morgan fingerprint density at radius 1 is 1.11 bits per heavy atom. The third-order valence-electron chi connectivity index (χ3n) is 5.11. The highest BCUT2D eigenvalue weighted by Crippen LogP contribution is 2.30. The maximum Gasteiger partial charge on any atom is 0.255 e. The van der Waals surface area contributed by atoms with Crippen molar-refractivity contribution in [1.82, 2.24) is 10.2 Å². The number of ether oxygens (including phenoxy) is 1. The number of nitrogens with zero attached hydrogens (tertiary/aromatic N) is 1. The largest absolute Gasteiger partial charge is 0.494 e. The van der Waals surface area contributed by atoms with Crippen LogP contribution >= 0.6 is 0 Å². The van der Waals surface area contributed by atoms with Gasteiger partial charge in [0, 0.05) is 18.5 Å². The minimum Gasteiger partial charge on any atom is -0.494 e. The van der Waals surface area contributed by atoms with E-state index in [1.54, 1.807) is 17.0 Å². The van der Waals surface area contributed by atoms with Crippen molar-refractivity contribution in [2.45, 2.75) is 57.5 Å². The van der Waals surface area contributed by atoms with Gasteiger partial charge >= 0.3 is 0 Å². The van der Waals surface area contributed by atoms with Crippen LogP contribution in [-0.2, 0) is 16.1 Å². The number of piperidine rings is 1. The van der Waals surface area contributed by atoms with Crippen LogP contribution in [0.5, 0.6) is 5.75 Å². The molecule has 2 aliphatic rings. The Kier molecular flexibility index (Phi) is 6.45. The van der Waals surface area contributed by atoms with Gasteiger partial charge in [0.15, 0.2) is 0 Å². The maximum absolute atomic E-state index is 12.6. The van der Waals surface area contributed by atoms with Crippen molar-refractivity contribution in [1.29, 1.82) is 0 Å². The molecule has 2 heterocycles. The summed E-state index contributed by atoms with van der Waals surface area (Å²) >= 11 is 0. The number of hydrogen-bond donors (Lipinski definition) is 2. The topological polar surface area (TPSA) is 102 Å². The van der Waals surface area contributed by atoms with Crippen molar-refractivity contribution in [3.8, 4) is 5.75 Å². The van der Waals surface area contributed by atoms with E-state index in [1.165, 1.54) is 6.42 Å². The third-order valence-corrected chi connectivity index (χ3v) is 5.11. The van der Waals surface area contributed by atoms with Gasteiger partial charge in [0.1, 0.15) is 11.8 Å². The molecule has 0 aromatic heterocycles. The number of nitrogens with two attached hydrogens (primary N) is 1. The predicted octanol–water partition coefficient (Wildman–Crippen LogP) is 1.74. The summed E-state index contributed by atoms with van der Waals surface area (Å²) < 4.78 is 5.81. The summed E-state index contributed by atoms with van der Waals surface area (Å²) in [6.07, 6.45) is 6.14. The van der Waals surface area contributed by atoms with Crippen LogP contribution < -0.4 is 15.8 Å². The summed E-state index contributed by atoms with van der Waals surface area (Å²) in [6.45, 7) is 1.77. The first kappa shape index (κ1) is 19.4. The van der Waals surface area contributed by atoms with E-state index in [1.807, 2.05) is 6.07 Å². The lowest BCUT2D eigenvalue weighted by molar-refractivity contribution is -0.136.